The highest BCUT2D eigenvalue weighted by atomic mass is 16.2. The number of rotatable bonds is 5. The molecule has 26 heavy (non-hydrogen) atoms. The number of carbonyl (C=O) groups is 1. The van der Waals surface area contributed by atoms with E-state index in [9.17, 15) is 14.4 Å². The lowest BCUT2D eigenvalue weighted by molar-refractivity contribution is 0.0728. The summed E-state index contributed by atoms with van der Waals surface area (Å²) in [7, 11) is 0. The van der Waals surface area contributed by atoms with Crippen molar-refractivity contribution in [1.29, 1.82) is 0 Å². The van der Waals surface area contributed by atoms with Crippen LogP contribution >= 0.6 is 0 Å². The third-order valence-corrected chi connectivity index (χ3v) is 5.37. The van der Waals surface area contributed by atoms with Gasteiger partial charge in [-0.05, 0) is 57.4 Å². The van der Waals surface area contributed by atoms with E-state index in [0.29, 0.717) is 35.1 Å². The highest BCUT2D eigenvalue weighted by Crippen LogP contribution is 2.29. The van der Waals surface area contributed by atoms with Crippen molar-refractivity contribution in [3.63, 3.8) is 0 Å². The van der Waals surface area contributed by atoms with Crippen molar-refractivity contribution in [2.24, 2.45) is 0 Å². The van der Waals surface area contributed by atoms with Crippen LogP contribution in [0.2, 0.25) is 0 Å². The van der Waals surface area contributed by atoms with Gasteiger partial charge < -0.3 is 15.2 Å². The number of aromatic nitrogens is 2. The number of carbonyl (C=O) groups excluding carboxylic acids is 1. The zero-order chi connectivity index (χ0) is 18.3. The Kier molecular flexibility index (Phi) is 4.40. The van der Waals surface area contributed by atoms with Crippen LogP contribution in [0.15, 0.2) is 27.8 Å². The first-order valence-corrected chi connectivity index (χ1v) is 9.39. The lowest BCUT2D eigenvalue weighted by Crippen LogP contribution is -2.42. The molecule has 0 spiro atoms. The Labute approximate surface area is 151 Å². The van der Waals surface area contributed by atoms with Crippen molar-refractivity contribution in [3.8, 4) is 0 Å². The van der Waals surface area contributed by atoms with Crippen LogP contribution in [0.1, 0.15) is 43.0 Å². The normalized spacial score (nSPS) is 19.8. The van der Waals surface area contributed by atoms with Gasteiger partial charge in [0.1, 0.15) is 0 Å². The lowest BCUT2D eigenvalue weighted by atomic mass is 10.1. The molecule has 1 atom stereocenters. The van der Waals surface area contributed by atoms with E-state index in [1.165, 1.54) is 0 Å². The highest BCUT2D eigenvalue weighted by Gasteiger charge is 2.35. The Morgan fingerprint density at radius 3 is 2.73 bits per heavy atom. The number of nitrogens with one attached hydrogen (secondary N) is 2. The molecule has 0 radical (unpaired) electrons. The second-order valence-corrected chi connectivity index (χ2v) is 7.22. The summed E-state index contributed by atoms with van der Waals surface area (Å²) >= 11 is 0. The zero-order valence-electron chi connectivity index (χ0n) is 15.0. The lowest BCUT2D eigenvalue weighted by Gasteiger charge is -2.26. The molecule has 1 amide bonds. The number of nitrogens with zero attached hydrogens (tertiary/aromatic N) is 2. The molecule has 2 fully saturated rings. The molecule has 4 rings (SSSR count). The van der Waals surface area contributed by atoms with E-state index in [1.54, 1.807) is 25.1 Å². The van der Waals surface area contributed by atoms with Crippen LogP contribution in [-0.2, 0) is 6.54 Å². The van der Waals surface area contributed by atoms with Crippen molar-refractivity contribution in [2.45, 2.75) is 51.2 Å². The van der Waals surface area contributed by atoms with Gasteiger partial charge in [-0.3, -0.25) is 14.2 Å². The molecule has 2 aromatic rings. The van der Waals surface area contributed by atoms with Gasteiger partial charge in [-0.15, -0.1) is 0 Å². The van der Waals surface area contributed by atoms with Gasteiger partial charge in [0.15, 0.2) is 0 Å². The quantitative estimate of drug-likeness (QED) is 0.839. The van der Waals surface area contributed by atoms with E-state index >= 15 is 0 Å². The van der Waals surface area contributed by atoms with Crippen molar-refractivity contribution < 1.29 is 4.79 Å². The molecular weight excluding hydrogens is 332 g/mol. The summed E-state index contributed by atoms with van der Waals surface area (Å²) in [5.41, 5.74) is 0.181. The Bertz CT molecular complexity index is 951. The molecule has 2 heterocycles. The molecule has 7 nitrogen and oxygen atoms in total. The summed E-state index contributed by atoms with van der Waals surface area (Å²) in [5, 5.41) is 3.88. The third kappa shape index (κ3) is 3.07. The summed E-state index contributed by atoms with van der Waals surface area (Å²) in [6.45, 7) is 3.80. The average molecular weight is 356 g/mol. The minimum Gasteiger partial charge on any atom is -0.334 e. The van der Waals surface area contributed by atoms with E-state index in [4.69, 9.17) is 0 Å². The average Bonchev–Trinajstić information content (AvgIpc) is 3.34. The van der Waals surface area contributed by atoms with E-state index in [0.717, 1.165) is 43.3 Å². The predicted molar refractivity (Wildman–Crippen MR) is 99.6 cm³/mol. The summed E-state index contributed by atoms with van der Waals surface area (Å²) in [6, 6.07) is 5.65. The topological polar surface area (TPSA) is 87.2 Å². The van der Waals surface area contributed by atoms with Crippen LogP contribution in [0.25, 0.3) is 10.9 Å². The standard InChI is InChI=1S/C19H24N4O3/c1-2-22-18(25)15-8-5-12(10-16(15)21-19(22)26)17(24)23(14-6-7-14)11-13-4-3-9-20-13/h5,8,10,13-14,20H,2-4,6-7,9,11H2,1H3,(H,21,26). The van der Waals surface area contributed by atoms with Crippen LogP contribution in [0.3, 0.4) is 0 Å². The number of hydrogen-bond acceptors (Lipinski definition) is 4. The first-order valence-electron chi connectivity index (χ1n) is 9.39. The number of benzene rings is 1. The molecule has 7 heteroatoms. The molecule has 1 aliphatic carbocycles. The number of H-pyrrole nitrogens is 1. The van der Waals surface area contributed by atoms with Crippen LogP contribution in [0.5, 0.6) is 0 Å². The second-order valence-electron chi connectivity index (χ2n) is 7.22. The maximum absolute atomic E-state index is 13.1. The Hall–Kier alpha value is -2.41. The van der Waals surface area contributed by atoms with Gasteiger partial charge in [-0.1, -0.05) is 0 Å². The summed E-state index contributed by atoms with van der Waals surface area (Å²) in [5.74, 6) is -0.0244. The Balaban J connectivity index is 1.67. The third-order valence-electron chi connectivity index (χ3n) is 5.37. The maximum atomic E-state index is 13.1. The maximum Gasteiger partial charge on any atom is 0.328 e. The van der Waals surface area contributed by atoms with Gasteiger partial charge in [-0.2, -0.15) is 0 Å². The SMILES string of the molecule is CCn1c(=O)[nH]c2cc(C(=O)N(CC3CCCN3)C3CC3)ccc2c1=O. The van der Waals surface area contributed by atoms with Gasteiger partial charge in [0, 0.05) is 30.7 Å². The number of hydrogen-bond donors (Lipinski definition) is 2. The first-order chi connectivity index (χ1) is 12.6. The van der Waals surface area contributed by atoms with Crippen LogP contribution in [0.4, 0.5) is 0 Å². The summed E-state index contributed by atoms with van der Waals surface area (Å²) < 4.78 is 1.16. The van der Waals surface area contributed by atoms with Gasteiger partial charge in [-0.25, -0.2) is 4.79 Å². The van der Waals surface area contributed by atoms with Gasteiger partial charge >= 0.3 is 5.69 Å². The fraction of sp³-hybridized carbons (Fsp3) is 0.526. The number of fused-ring (bicyclic) bond motifs is 1. The fourth-order valence-corrected chi connectivity index (χ4v) is 3.77. The first kappa shape index (κ1) is 17.0. The molecule has 1 saturated carbocycles. The van der Waals surface area contributed by atoms with E-state index in [2.05, 4.69) is 10.3 Å². The molecular formula is C19H24N4O3. The van der Waals surface area contributed by atoms with E-state index < -0.39 is 5.69 Å². The highest BCUT2D eigenvalue weighted by molar-refractivity contribution is 5.98. The number of amides is 1. The van der Waals surface area contributed by atoms with Gasteiger partial charge in [0.05, 0.1) is 10.9 Å². The van der Waals surface area contributed by atoms with E-state index in [1.807, 2.05) is 4.90 Å². The van der Waals surface area contributed by atoms with Gasteiger partial charge in [0.2, 0.25) is 0 Å². The van der Waals surface area contributed by atoms with Crippen molar-refractivity contribution in [2.75, 3.05) is 13.1 Å². The molecule has 1 aromatic heterocycles. The smallest absolute Gasteiger partial charge is 0.328 e. The van der Waals surface area contributed by atoms with Crippen molar-refractivity contribution in [1.82, 2.24) is 19.8 Å². The van der Waals surface area contributed by atoms with Crippen LogP contribution in [0, 0.1) is 0 Å². The molecule has 1 aliphatic heterocycles. The monoisotopic (exact) mass is 356 g/mol. The molecule has 2 aliphatic rings. The van der Waals surface area contributed by atoms with Gasteiger partial charge in [0.25, 0.3) is 11.5 Å². The summed E-state index contributed by atoms with van der Waals surface area (Å²) in [6.07, 6.45) is 4.34. The Morgan fingerprint density at radius 1 is 1.27 bits per heavy atom. The summed E-state index contributed by atoms with van der Waals surface area (Å²) in [4.78, 5) is 42.2. The fourth-order valence-electron chi connectivity index (χ4n) is 3.77. The minimum absolute atomic E-state index is 0.0244. The van der Waals surface area contributed by atoms with Crippen LogP contribution < -0.4 is 16.6 Å². The second kappa shape index (κ2) is 6.72. The predicted octanol–water partition coefficient (Wildman–Crippen LogP) is 1.07. The van der Waals surface area contributed by atoms with Crippen molar-refractivity contribution in [3.05, 3.63) is 44.6 Å². The number of aromatic amines is 1. The minimum atomic E-state index is -0.441. The molecule has 1 aromatic carbocycles. The van der Waals surface area contributed by atoms with E-state index in [-0.39, 0.29) is 11.5 Å². The molecule has 138 valence electrons. The Morgan fingerprint density at radius 2 is 2.08 bits per heavy atom. The van der Waals surface area contributed by atoms with Crippen molar-refractivity contribution >= 4 is 16.8 Å². The molecule has 0 bridgehead atoms. The largest absolute Gasteiger partial charge is 0.334 e. The zero-order valence-corrected chi connectivity index (χ0v) is 15.0. The molecule has 2 N–H and O–H groups in total. The molecule has 1 saturated heterocycles. The van der Waals surface area contributed by atoms with Crippen LogP contribution in [-0.4, -0.2) is 45.5 Å². The molecule has 1 unspecified atom stereocenters.